The molecule has 4 rings (SSSR count). The fourth-order valence-corrected chi connectivity index (χ4v) is 6.19. The molecule has 0 aromatic heterocycles. The van der Waals surface area contributed by atoms with Gasteiger partial charge in [0.25, 0.3) is 0 Å². The molecule has 2 unspecified atom stereocenters. The Morgan fingerprint density at radius 1 is 0.970 bits per heavy atom. The van der Waals surface area contributed by atoms with Crippen molar-refractivity contribution in [1.82, 2.24) is 14.9 Å². The largest absolute Gasteiger partial charge is 0.348 e. The van der Waals surface area contributed by atoms with Crippen LogP contribution in [0.2, 0.25) is 0 Å². The van der Waals surface area contributed by atoms with Gasteiger partial charge in [0.15, 0.2) is 0 Å². The van der Waals surface area contributed by atoms with Gasteiger partial charge in [-0.15, -0.1) is 0 Å². The van der Waals surface area contributed by atoms with E-state index in [1.165, 1.54) is 9.87 Å². The zero-order valence-electron chi connectivity index (χ0n) is 18.9. The van der Waals surface area contributed by atoms with Crippen LogP contribution in [0, 0.1) is 5.92 Å². The van der Waals surface area contributed by atoms with Crippen molar-refractivity contribution in [2.45, 2.75) is 56.0 Å². The van der Waals surface area contributed by atoms with Gasteiger partial charge in [0.2, 0.25) is 21.8 Å². The third-order valence-electron chi connectivity index (χ3n) is 6.64. The van der Waals surface area contributed by atoms with Gasteiger partial charge >= 0.3 is 0 Å². The predicted octanol–water partition coefficient (Wildman–Crippen LogP) is 2.79. The van der Waals surface area contributed by atoms with Gasteiger partial charge in [0, 0.05) is 19.0 Å². The van der Waals surface area contributed by atoms with Crippen molar-refractivity contribution in [2.24, 2.45) is 5.92 Å². The maximum Gasteiger partial charge on any atom is 0.243 e. The molecule has 33 heavy (non-hydrogen) atoms. The van der Waals surface area contributed by atoms with Crippen molar-refractivity contribution < 1.29 is 18.0 Å². The smallest absolute Gasteiger partial charge is 0.243 e. The van der Waals surface area contributed by atoms with Crippen LogP contribution >= 0.6 is 0 Å². The summed E-state index contributed by atoms with van der Waals surface area (Å²) in [5.41, 5.74) is 2.42. The van der Waals surface area contributed by atoms with Crippen LogP contribution in [0.4, 0.5) is 0 Å². The van der Waals surface area contributed by atoms with Gasteiger partial charge in [-0.25, -0.2) is 8.42 Å². The molecule has 2 aromatic rings. The third kappa shape index (κ3) is 5.28. The summed E-state index contributed by atoms with van der Waals surface area (Å²) in [5, 5.41) is 5.92. The maximum absolute atomic E-state index is 12.8. The average molecular weight is 470 g/mol. The fraction of sp³-hybridized carbons (Fsp3) is 0.440. The number of aryl methyl sites for hydroxylation is 1. The molecule has 2 atom stereocenters. The lowest BCUT2D eigenvalue weighted by Gasteiger charge is -2.31. The van der Waals surface area contributed by atoms with Crippen molar-refractivity contribution in [3.63, 3.8) is 0 Å². The normalized spacial score (nSPS) is 20.5. The second kappa shape index (κ2) is 10.1. The van der Waals surface area contributed by atoms with Crippen LogP contribution in [-0.2, 0) is 26.0 Å². The van der Waals surface area contributed by atoms with E-state index in [0.29, 0.717) is 12.8 Å². The topological polar surface area (TPSA) is 95.6 Å². The van der Waals surface area contributed by atoms with Crippen molar-refractivity contribution in [1.29, 1.82) is 0 Å². The van der Waals surface area contributed by atoms with E-state index in [1.54, 1.807) is 37.3 Å². The monoisotopic (exact) mass is 469 g/mol. The number of rotatable bonds is 6. The number of carbonyl (C=O) groups excluding carboxylic acids is 2. The number of piperidine rings is 1. The number of amides is 2. The van der Waals surface area contributed by atoms with E-state index in [2.05, 4.69) is 22.8 Å². The van der Waals surface area contributed by atoms with Gasteiger partial charge in [-0.05, 0) is 62.3 Å². The predicted molar refractivity (Wildman–Crippen MR) is 126 cm³/mol. The van der Waals surface area contributed by atoms with Gasteiger partial charge in [0.05, 0.1) is 10.9 Å². The van der Waals surface area contributed by atoms with Crippen LogP contribution in [0.5, 0.6) is 0 Å². The summed E-state index contributed by atoms with van der Waals surface area (Å²) in [6.07, 6.45) is 3.79. The standard InChI is InChI=1S/C25H31N3O4S/c1-18(24(29)27-23-13-7-9-19-8-5-6-12-22(19)23)26-25(30)20-14-16-28(17-15-20)33(31,32)21-10-3-2-4-11-21/h2-6,8,10-12,18,20,23H,7,9,13-17H2,1H3,(H,26,30)(H,27,29). The molecule has 0 spiro atoms. The fourth-order valence-electron chi connectivity index (χ4n) is 4.70. The van der Waals surface area contributed by atoms with E-state index in [4.69, 9.17) is 0 Å². The molecule has 1 saturated heterocycles. The Morgan fingerprint density at radius 3 is 2.36 bits per heavy atom. The number of fused-ring (bicyclic) bond motifs is 1. The van der Waals surface area contributed by atoms with E-state index < -0.39 is 16.1 Å². The van der Waals surface area contributed by atoms with Crippen molar-refractivity contribution in [3.05, 3.63) is 65.7 Å². The molecule has 2 amide bonds. The second-order valence-corrected chi connectivity index (χ2v) is 10.8. The number of carbonyl (C=O) groups is 2. The Kier molecular flexibility index (Phi) is 7.14. The van der Waals surface area contributed by atoms with E-state index in [9.17, 15) is 18.0 Å². The minimum absolute atomic E-state index is 0.0340. The van der Waals surface area contributed by atoms with Gasteiger partial charge in [-0.3, -0.25) is 9.59 Å². The van der Waals surface area contributed by atoms with Crippen molar-refractivity contribution >= 4 is 21.8 Å². The summed E-state index contributed by atoms with van der Waals surface area (Å²) in [4.78, 5) is 25.8. The van der Waals surface area contributed by atoms with Crippen LogP contribution in [0.25, 0.3) is 0 Å². The molecular weight excluding hydrogens is 438 g/mol. The lowest BCUT2D eigenvalue weighted by Crippen LogP contribution is -2.49. The maximum atomic E-state index is 12.8. The van der Waals surface area contributed by atoms with Crippen LogP contribution in [-0.4, -0.2) is 43.7 Å². The number of nitrogens with zero attached hydrogens (tertiary/aromatic N) is 1. The summed E-state index contributed by atoms with van der Waals surface area (Å²) >= 11 is 0. The summed E-state index contributed by atoms with van der Waals surface area (Å²) in [6.45, 7) is 2.26. The van der Waals surface area contributed by atoms with E-state index in [1.807, 2.05) is 12.1 Å². The lowest BCUT2D eigenvalue weighted by molar-refractivity contribution is -0.131. The number of hydrogen-bond donors (Lipinski definition) is 2. The van der Waals surface area contributed by atoms with Gasteiger partial charge in [-0.2, -0.15) is 4.31 Å². The first-order chi connectivity index (χ1) is 15.9. The highest BCUT2D eigenvalue weighted by molar-refractivity contribution is 7.89. The molecule has 2 aliphatic rings. The molecule has 2 N–H and O–H groups in total. The minimum Gasteiger partial charge on any atom is -0.348 e. The third-order valence-corrected chi connectivity index (χ3v) is 8.56. The Hall–Kier alpha value is -2.71. The molecule has 0 bridgehead atoms. The number of benzene rings is 2. The molecule has 8 heteroatoms. The van der Waals surface area contributed by atoms with Crippen LogP contribution in [0.3, 0.4) is 0 Å². The molecule has 1 aliphatic carbocycles. The zero-order valence-corrected chi connectivity index (χ0v) is 19.7. The molecule has 1 aliphatic heterocycles. The zero-order chi connectivity index (χ0) is 23.4. The Balaban J connectivity index is 1.29. The van der Waals surface area contributed by atoms with E-state index in [0.717, 1.165) is 24.8 Å². The molecule has 176 valence electrons. The number of nitrogens with one attached hydrogen (secondary N) is 2. The summed E-state index contributed by atoms with van der Waals surface area (Å²) in [5.74, 6) is -0.703. The van der Waals surface area contributed by atoms with E-state index >= 15 is 0 Å². The molecule has 2 aromatic carbocycles. The summed E-state index contributed by atoms with van der Waals surface area (Å²) in [7, 11) is -3.55. The molecule has 1 heterocycles. The van der Waals surface area contributed by atoms with E-state index in [-0.39, 0.29) is 41.8 Å². The quantitative estimate of drug-likeness (QED) is 0.680. The molecule has 0 saturated carbocycles. The second-order valence-electron chi connectivity index (χ2n) is 8.87. The minimum atomic E-state index is -3.55. The van der Waals surface area contributed by atoms with Crippen molar-refractivity contribution in [2.75, 3.05) is 13.1 Å². The Bertz CT molecular complexity index is 1100. The van der Waals surface area contributed by atoms with Crippen LogP contribution in [0.1, 0.15) is 49.8 Å². The lowest BCUT2D eigenvalue weighted by atomic mass is 9.87. The van der Waals surface area contributed by atoms with Gasteiger partial charge in [-0.1, -0.05) is 42.5 Å². The highest BCUT2D eigenvalue weighted by Gasteiger charge is 2.33. The first-order valence-corrected chi connectivity index (χ1v) is 13.0. The highest BCUT2D eigenvalue weighted by atomic mass is 32.2. The van der Waals surface area contributed by atoms with Gasteiger partial charge in [0.1, 0.15) is 6.04 Å². The SMILES string of the molecule is CC(NC(=O)C1CCN(S(=O)(=O)c2ccccc2)CC1)C(=O)NC1CCCc2ccccc21. The van der Waals surface area contributed by atoms with Crippen LogP contribution < -0.4 is 10.6 Å². The Labute approximate surface area is 195 Å². The molecule has 1 fully saturated rings. The van der Waals surface area contributed by atoms with Crippen molar-refractivity contribution in [3.8, 4) is 0 Å². The Morgan fingerprint density at radius 2 is 1.64 bits per heavy atom. The summed E-state index contributed by atoms with van der Waals surface area (Å²) in [6, 6.07) is 15.8. The van der Waals surface area contributed by atoms with Crippen LogP contribution in [0.15, 0.2) is 59.5 Å². The summed E-state index contributed by atoms with van der Waals surface area (Å²) < 4.78 is 27.0. The average Bonchev–Trinajstić information content (AvgIpc) is 2.84. The first-order valence-electron chi connectivity index (χ1n) is 11.6. The highest BCUT2D eigenvalue weighted by Crippen LogP contribution is 2.29. The first kappa shape index (κ1) is 23.4. The molecular formula is C25H31N3O4S. The molecule has 7 nitrogen and oxygen atoms in total. The van der Waals surface area contributed by atoms with Gasteiger partial charge < -0.3 is 10.6 Å². The number of sulfonamides is 1. The number of hydrogen-bond acceptors (Lipinski definition) is 4. The molecule has 0 radical (unpaired) electrons.